The molecule has 0 fully saturated rings. The number of nitrogens with zero attached hydrogens (tertiary/aromatic N) is 4. The summed E-state index contributed by atoms with van der Waals surface area (Å²) in [4.78, 5) is 6.59. The van der Waals surface area contributed by atoms with Crippen molar-refractivity contribution in [3.8, 4) is 0 Å². The first-order chi connectivity index (χ1) is 11.7. The smallest absolute Gasteiger partial charge is 0.191 e. The first kappa shape index (κ1) is 18.0. The molecule has 24 heavy (non-hydrogen) atoms. The van der Waals surface area contributed by atoms with E-state index < -0.39 is 0 Å². The average Bonchev–Trinajstić information content (AvgIpc) is 3.00. The Labute approximate surface area is 144 Å². The molecule has 1 aromatic heterocycles. The largest absolute Gasteiger partial charge is 0.356 e. The summed E-state index contributed by atoms with van der Waals surface area (Å²) >= 11 is 0. The monoisotopic (exact) mass is 328 g/mol. The van der Waals surface area contributed by atoms with Crippen LogP contribution < -0.4 is 10.6 Å². The van der Waals surface area contributed by atoms with Crippen molar-refractivity contribution in [2.45, 2.75) is 19.5 Å². The zero-order valence-corrected chi connectivity index (χ0v) is 14.9. The second-order valence-corrected chi connectivity index (χ2v) is 5.88. The normalized spacial score (nSPS) is 11.8. The Morgan fingerprint density at radius 3 is 2.67 bits per heavy atom. The molecule has 0 amide bonds. The van der Waals surface area contributed by atoms with E-state index in [1.165, 1.54) is 5.56 Å². The number of benzene rings is 1. The van der Waals surface area contributed by atoms with Crippen molar-refractivity contribution in [2.75, 3.05) is 27.2 Å². The van der Waals surface area contributed by atoms with Gasteiger partial charge in [-0.05, 0) is 31.6 Å². The van der Waals surface area contributed by atoms with Crippen LogP contribution in [0.1, 0.15) is 17.7 Å². The van der Waals surface area contributed by atoms with E-state index in [9.17, 15) is 0 Å². The predicted molar refractivity (Wildman–Crippen MR) is 98.8 cm³/mol. The summed E-state index contributed by atoms with van der Waals surface area (Å²) in [5.41, 5.74) is 2.47. The zero-order chi connectivity index (χ0) is 17.2. The number of guanidine groups is 1. The number of hydrogen-bond donors (Lipinski definition) is 2. The molecular weight excluding hydrogens is 300 g/mol. The molecule has 2 rings (SSSR count). The highest BCUT2D eigenvalue weighted by molar-refractivity contribution is 5.79. The van der Waals surface area contributed by atoms with Crippen LogP contribution in [0.2, 0.25) is 0 Å². The van der Waals surface area contributed by atoms with E-state index in [1.807, 2.05) is 17.8 Å². The number of aromatic nitrogens is 2. The van der Waals surface area contributed by atoms with E-state index in [2.05, 4.69) is 63.0 Å². The summed E-state index contributed by atoms with van der Waals surface area (Å²) in [6, 6.07) is 12.6. The highest BCUT2D eigenvalue weighted by atomic mass is 15.3. The molecule has 2 N–H and O–H groups in total. The van der Waals surface area contributed by atoms with Crippen LogP contribution in [0.3, 0.4) is 0 Å². The Balaban J connectivity index is 1.62. The minimum atomic E-state index is 0.712. The Morgan fingerprint density at radius 1 is 1.21 bits per heavy atom. The molecule has 0 unspecified atom stereocenters. The van der Waals surface area contributed by atoms with E-state index in [4.69, 9.17) is 0 Å². The molecule has 1 aromatic carbocycles. The molecule has 0 radical (unpaired) electrons. The Hall–Kier alpha value is -2.34. The lowest BCUT2D eigenvalue weighted by atomic mass is 10.2. The van der Waals surface area contributed by atoms with Crippen LogP contribution in [-0.4, -0.2) is 47.8 Å². The summed E-state index contributed by atoms with van der Waals surface area (Å²) in [6.07, 6.45) is 2.87. The minimum Gasteiger partial charge on any atom is -0.356 e. The van der Waals surface area contributed by atoms with E-state index >= 15 is 0 Å². The van der Waals surface area contributed by atoms with Crippen LogP contribution in [0.4, 0.5) is 0 Å². The highest BCUT2D eigenvalue weighted by Gasteiger charge is 2.02. The summed E-state index contributed by atoms with van der Waals surface area (Å²) in [5.74, 6) is 0.821. The van der Waals surface area contributed by atoms with Gasteiger partial charge in [0.05, 0.1) is 12.2 Å². The maximum absolute atomic E-state index is 4.25. The van der Waals surface area contributed by atoms with Gasteiger partial charge in [-0.15, -0.1) is 0 Å². The van der Waals surface area contributed by atoms with Crippen molar-refractivity contribution >= 4 is 5.96 Å². The Morgan fingerprint density at radius 2 is 2.00 bits per heavy atom. The topological polar surface area (TPSA) is 57.5 Å². The van der Waals surface area contributed by atoms with Gasteiger partial charge in [-0.25, -0.2) is 0 Å². The standard InChI is InChI=1S/C18H28N6/c1-19-18(21-14-17-10-12-22-24(17)3)20-11-7-13-23(2)15-16-8-5-4-6-9-16/h4-6,8-10,12H,7,11,13-15H2,1-3H3,(H2,19,20,21). The molecule has 6 nitrogen and oxygen atoms in total. The molecule has 0 saturated carbocycles. The fourth-order valence-electron chi connectivity index (χ4n) is 2.50. The maximum atomic E-state index is 4.25. The van der Waals surface area contributed by atoms with Crippen molar-refractivity contribution in [1.29, 1.82) is 0 Å². The fraction of sp³-hybridized carbons (Fsp3) is 0.444. The van der Waals surface area contributed by atoms with Crippen molar-refractivity contribution in [3.05, 3.63) is 53.9 Å². The second kappa shape index (κ2) is 9.72. The van der Waals surface area contributed by atoms with Crippen molar-refractivity contribution in [1.82, 2.24) is 25.3 Å². The van der Waals surface area contributed by atoms with E-state index in [0.29, 0.717) is 6.54 Å². The number of hydrogen-bond acceptors (Lipinski definition) is 3. The summed E-state index contributed by atoms with van der Waals surface area (Å²) in [7, 11) is 5.89. The minimum absolute atomic E-state index is 0.712. The van der Waals surface area contributed by atoms with E-state index in [1.54, 1.807) is 13.2 Å². The van der Waals surface area contributed by atoms with Gasteiger partial charge in [0.1, 0.15) is 0 Å². The molecule has 130 valence electrons. The lowest BCUT2D eigenvalue weighted by molar-refractivity contribution is 0.322. The van der Waals surface area contributed by atoms with E-state index in [0.717, 1.165) is 37.7 Å². The SMILES string of the molecule is CN=C(NCCCN(C)Cc1ccccc1)NCc1ccnn1C. The molecule has 2 aromatic rings. The van der Waals surface area contributed by atoms with Crippen LogP contribution in [-0.2, 0) is 20.1 Å². The van der Waals surface area contributed by atoms with Crippen molar-refractivity contribution in [2.24, 2.45) is 12.0 Å². The molecule has 0 aliphatic carbocycles. The Kier molecular flexibility index (Phi) is 7.29. The van der Waals surface area contributed by atoms with Gasteiger partial charge in [-0.1, -0.05) is 30.3 Å². The highest BCUT2D eigenvalue weighted by Crippen LogP contribution is 2.02. The zero-order valence-electron chi connectivity index (χ0n) is 14.9. The second-order valence-electron chi connectivity index (χ2n) is 5.88. The molecule has 0 bridgehead atoms. The quantitative estimate of drug-likeness (QED) is 0.439. The van der Waals surface area contributed by atoms with Crippen LogP contribution in [0.25, 0.3) is 0 Å². The summed E-state index contributed by atoms with van der Waals surface area (Å²) in [6.45, 7) is 3.63. The molecular formula is C18H28N6. The van der Waals surface area contributed by atoms with Crippen LogP contribution in [0.15, 0.2) is 47.6 Å². The first-order valence-electron chi connectivity index (χ1n) is 8.33. The van der Waals surface area contributed by atoms with Gasteiger partial charge in [0.15, 0.2) is 5.96 Å². The van der Waals surface area contributed by atoms with Gasteiger partial charge in [0, 0.05) is 33.4 Å². The molecule has 0 spiro atoms. The Bertz CT molecular complexity index is 619. The van der Waals surface area contributed by atoms with Crippen LogP contribution in [0, 0.1) is 0 Å². The van der Waals surface area contributed by atoms with Gasteiger partial charge in [0.2, 0.25) is 0 Å². The fourth-order valence-corrected chi connectivity index (χ4v) is 2.50. The first-order valence-corrected chi connectivity index (χ1v) is 8.33. The molecule has 0 aliphatic rings. The third kappa shape index (κ3) is 6.04. The average molecular weight is 328 g/mol. The number of nitrogens with one attached hydrogen (secondary N) is 2. The van der Waals surface area contributed by atoms with Gasteiger partial charge in [-0.2, -0.15) is 5.10 Å². The molecule has 6 heteroatoms. The third-order valence-electron chi connectivity index (χ3n) is 3.89. The number of aliphatic imine (C=N–C) groups is 1. The van der Waals surface area contributed by atoms with Crippen molar-refractivity contribution < 1.29 is 0 Å². The maximum Gasteiger partial charge on any atom is 0.191 e. The summed E-state index contributed by atoms with van der Waals surface area (Å²) < 4.78 is 1.86. The lowest BCUT2D eigenvalue weighted by Gasteiger charge is -2.17. The van der Waals surface area contributed by atoms with Crippen LogP contribution >= 0.6 is 0 Å². The van der Waals surface area contributed by atoms with E-state index in [-0.39, 0.29) is 0 Å². The number of rotatable bonds is 8. The predicted octanol–water partition coefficient (Wildman–Crippen LogP) is 1.61. The van der Waals surface area contributed by atoms with Gasteiger partial charge in [0.25, 0.3) is 0 Å². The number of aryl methyl sites for hydroxylation is 1. The molecule has 1 heterocycles. The van der Waals surface area contributed by atoms with Crippen LogP contribution in [0.5, 0.6) is 0 Å². The van der Waals surface area contributed by atoms with Gasteiger partial charge >= 0.3 is 0 Å². The van der Waals surface area contributed by atoms with Gasteiger partial charge < -0.3 is 15.5 Å². The lowest BCUT2D eigenvalue weighted by Crippen LogP contribution is -2.38. The van der Waals surface area contributed by atoms with Crippen molar-refractivity contribution in [3.63, 3.8) is 0 Å². The molecule has 0 saturated heterocycles. The van der Waals surface area contributed by atoms with Gasteiger partial charge in [-0.3, -0.25) is 9.67 Å². The third-order valence-corrected chi connectivity index (χ3v) is 3.89. The molecule has 0 aliphatic heterocycles. The molecule has 0 atom stereocenters. The summed E-state index contributed by atoms with van der Waals surface area (Å²) in [5, 5.41) is 10.8.